The van der Waals surface area contributed by atoms with Gasteiger partial charge in [-0.05, 0) is 19.8 Å². The summed E-state index contributed by atoms with van der Waals surface area (Å²) in [5.74, 6) is 0.861. The lowest BCUT2D eigenvalue weighted by molar-refractivity contribution is 0.580. The molecule has 0 amide bonds. The number of guanidine groups is 1. The minimum absolute atomic E-state index is 0. The van der Waals surface area contributed by atoms with Crippen LogP contribution in [0.1, 0.15) is 32.6 Å². The van der Waals surface area contributed by atoms with E-state index in [1.54, 1.807) is 14.0 Å². The fourth-order valence-electron chi connectivity index (χ4n) is 1.95. The number of aliphatic imine (C=N–C) groups is 1. The van der Waals surface area contributed by atoms with Crippen molar-refractivity contribution in [2.24, 2.45) is 4.99 Å². The molecule has 1 saturated carbocycles. The van der Waals surface area contributed by atoms with Crippen molar-refractivity contribution in [3.05, 3.63) is 0 Å². The van der Waals surface area contributed by atoms with E-state index in [1.807, 2.05) is 0 Å². The maximum atomic E-state index is 11.2. The zero-order valence-electron chi connectivity index (χ0n) is 11.6. The van der Waals surface area contributed by atoms with Gasteiger partial charge in [0.1, 0.15) is 0 Å². The topological polar surface area (TPSA) is 82.6 Å². The highest BCUT2D eigenvalue weighted by atomic mass is 127. The summed E-state index contributed by atoms with van der Waals surface area (Å²) in [5.41, 5.74) is 0. The van der Waals surface area contributed by atoms with Gasteiger partial charge < -0.3 is 10.6 Å². The van der Waals surface area contributed by atoms with Gasteiger partial charge in [0.15, 0.2) is 5.96 Å². The molecule has 0 unspecified atom stereocenters. The lowest BCUT2D eigenvalue weighted by atomic mass is 10.2. The van der Waals surface area contributed by atoms with Crippen molar-refractivity contribution in [3.8, 4) is 0 Å². The van der Waals surface area contributed by atoms with E-state index in [4.69, 9.17) is 0 Å². The molecule has 6 nitrogen and oxygen atoms in total. The first kappa shape index (κ1) is 18.9. The second-order valence-electron chi connectivity index (χ2n) is 4.42. The fourth-order valence-corrected chi connectivity index (χ4v) is 2.56. The van der Waals surface area contributed by atoms with Crippen molar-refractivity contribution < 1.29 is 8.42 Å². The monoisotopic (exact) mass is 404 g/mol. The molecule has 1 rings (SSSR count). The zero-order valence-corrected chi connectivity index (χ0v) is 14.8. The fraction of sp³-hybridized carbons (Fsp3) is 0.909. The number of nitrogens with zero attached hydrogens (tertiary/aromatic N) is 1. The maximum absolute atomic E-state index is 11.2. The van der Waals surface area contributed by atoms with E-state index >= 15 is 0 Å². The molecule has 0 aromatic rings. The SMILES string of the molecule is CCS(=O)(=O)NCCNC(=NC)NC1CCCC1.I. The highest BCUT2D eigenvalue weighted by molar-refractivity contribution is 14.0. The summed E-state index contributed by atoms with van der Waals surface area (Å²) in [6, 6.07) is 0.503. The smallest absolute Gasteiger partial charge is 0.211 e. The Labute approximate surface area is 133 Å². The Morgan fingerprint density at radius 3 is 2.42 bits per heavy atom. The highest BCUT2D eigenvalue weighted by Crippen LogP contribution is 2.17. The van der Waals surface area contributed by atoms with Gasteiger partial charge in [0, 0.05) is 26.2 Å². The van der Waals surface area contributed by atoms with Crippen LogP contribution >= 0.6 is 24.0 Å². The van der Waals surface area contributed by atoms with Gasteiger partial charge in [-0.15, -0.1) is 24.0 Å². The van der Waals surface area contributed by atoms with Crippen LogP contribution in [0.5, 0.6) is 0 Å². The summed E-state index contributed by atoms with van der Waals surface area (Å²) in [7, 11) is -1.37. The van der Waals surface area contributed by atoms with Crippen molar-refractivity contribution in [1.82, 2.24) is 15.4 Å². The molecular weight excluding hydrogens is 379 g/mol. The summed E-state index contributed by atoms with van der Waals surface area (Å²) in [6.45, 7) is 2.53. The molecule has 1 aliphatic rings. The molecule has 0 aliphatic heterocycles. The van der Waals surface area contributed by atoms with Gasteiger partial charge in [-0.2, -0.15) is 0 Å². The van der Waals surface area contributed by atoms with Crippen LogP contribution in [0.25, 0.3) is 0 Å². The van der Waals surface area contributed by atoms with Crippen molar-refractivity contribution in [3.63, 3.8) is 0 Å². The van der Waals surface area contributed by atoms with Gasteiger partial charge >= 0.3 is 0 Å². The van der Waals surface area contributed by atoms with Crippen LogP contribution in [0, 0.1) is 0 Å². The molecule has 8 heteroatoms. The van der Waals surface area contributed by atoms with Crippen molar-refractivity contribution in [1.29, 1.82) is 0 Å². The predicted molar refractivity (Wildman–Crippen MR) is 89.6 cm³/mol. The van der Waals surface area contributed by atoms with Crippen molar-refractivity contribution >= 4 is 40.0 Å². The molecular formula is C11H25IN4O2S. The average Bonchev–Trinajstić information content (AvgIpc) is 2.86. The second-order valence-corrected chi connectivity index (χ2v) is 6.52. The van der Waals surface area contributed by atoms with Gasteiger partial charge in [-0.3, -0.25) is 4.99 Å². The molecule has 3 N–H and O–H groups in total. The molecule has 0 aromatic heterocycles. The number of rotatable bonds is 6. The number of hydrogen-bond acceptors (Lipinski definition) is 3. The Bertz CT molecular complexity index is 367. The Morgan fingerprint density at radius 2 is 1.89 bits per heavy atom. The third-order valence-electron chi connectivity index (χ3n) is 3.04. The van der Waals surface area contributed by atoms with Gasteiger partial charge in [-0.25, -0.2) is 13.1 Å². The molecule has 1 aliphatic carbocycles. The number of sulfonamides is 1. The van der Waals surface area contributed by atoms with E-state index in [1.165, 1.54) is 25.7 Å². The Morgan fingerprint density at radius 1 is 1.26 bits per heavy atom. The van der Waals surface area contributed by atoms with Crippen LogP contribution in [-0.4, -0.2) is 46.3 Å². The molecule has 114 valence electrons. The minimum Gasteiger partial charge on any atom is -0.355 e. The third-order valence-corrected chi connectivity index (χ3v) is 4.44. The molecule has 0 spiro atoms. The summed E-state index contributed by atoms with van der Waals surface area (Å²) in [5, 5.41) is 6.44. The Kier molecular flexibility index (Phi) is 9.71. The summed E-state index contributed by atoms with van der Waals surface area (Å²) < 4.78 is 24.9. The normalized spacial score (nSPS) is 17.1. The molecule has 0 saturated heterocycles. The summed E-state index contributed by atoms with van der Waals surface area (Å²) in [6.07, 6.45) is 4.91. The number of nitrogens with one attached hydrogen (secondary N) is 3. The van der Waals surface area contributed by atoms with Gasteiger partial charge in [0.2, 0.25) is 10.0 Å². The van der Waals surface area contributed by atoms with Crippen LogP contribution in [0.15, 0.2) is 4.99 Å². The Hall–Kier alpha value is -0.0900. The van der Waals surface area contributed by atoms with E-state index in [2.05, 4.69) is 20.3 Å². The van der Waals surface area contributed by atoms with Gasteiger partial charge in [0.25, 0.3) is 0 Å². The maximum Gasteiger partial charge on any atom is 0.211 e. The molecule has 0 aromatic carbocycles. The number of halogens is 1. The minimum atomic E-state index is -3.10. The van der Waals surface area contributed by atoms with Gasteiger partial charge in [0.05, 0.1) is 5.75 Å². The van der Waals surface area contributed by atoms with E-state index in [0.29, 0.717) is 19.1 Å². The largest absolute Gasteiger partial charge is 0.355 e. The molecule has 0 bridgehead atoms. The lowest BCUT2D eigenvalue weighted by Gasteiger charge is -2.16. The predicted octanol–water partition coefficient (Wildman–Crippen LogP) is 0.651. The first-order valence-corrected chi connectivity index (χ1v) is 8.17. The van der Waals surface area contributed by atoms with Crippen LogP contribution < -0.4 is 15.4 Å². The van der Waals surface area contributed by atoms with Crippen LogP contribution in [0.4, 0.5) is 0 Å². The summed E-state index contributed by atoms with van der Waals surface area (Å²) in [4.78, 5) is 4.12. The van der Waals surface area contributed by atoms with E-state index < -0.39 is 10.0 Å². The molecule has 0 heterocycles. The van der Waals surface area contributed by atoms with Crippen LogP contribution in [0.3, 0.4) is 0 Å². The Balaban J connectivity index is 0.00000324. The van der Waals surface area contributed by atoms with Crippen LogP contribution in [0.2, 0.25) is 0 Å². The molecule has 0 atom stereocenters. The number of hydrogen-bond donors (Lipinski definition) is 3. The standard InChI is InChI=1S/C11H24N4O2S.HI/c1-3-18(16,17)14-9-8-13-11(12-2)15-10-6-4-5-7-10;/h10,14H,3-9H2,1-2H3,(H2,12,13,15);1H. The third kappa shape index (κ3) is 7.93. The van der Waals surface area contributed by atoms with Crippen molar-refractivity contribution in [2.75, 3.05) is 25.9 Å². The molecule has 19 heavy (non-hydrogen) atoms. The average molecular weight is 404 g/mol. The van der Waals surface area contributed by atoms with Gasteiger partial charge in [-0.1, -0.05) is 12.8 Å². The second kappa shape index (κ2) is 9.76. The van der Waals surface area contributed by atoms with E-state index in [9.17, 15) is 8.42 Å². The molecule has 1 fully saturated rings. The van der Waals surface area contributed by atoms with Crippen molar-refractivity contribution in [2.45, 2.75) is 38.6 Å². The first-order chi connectivity index (χ1) is 8.57. The molecule has 0 radical (unpaired) electrons. The summed E-state index contributed by atoms with van der Waals surface area (Å²) >= 11 is 0. The quantitative estimate of drug-likeness (QED) is 0.263. The lowest BCUT2D eigenvalue weighted by Crippen LogP contribution is -2.45. The zero-order chi connectivity index (χ0) is 13.4. The first-order valence-electron chi connectivity index (χ1n) is 6.52. The van der Waals surface area contributed by atoms with E-state index in [-0.39, 0.29) is 29.7 Å². The highest BCUT2D eigenvalue weighted by Gasteiger charge is 2.15. The van der Waals surface area contributed by atoms with Crippen LogP contribution in [-0.2, 0) is 10.0 Å². The van der Waals surface area contributed by atoms with E-state index in [0.717, 1.165) is 5.96 Å².